The molecule has 1 N–H and O–H groups in total. The van der Waals surface area contributed by atoms with Crippen LogP contribution in [0.3, 0.4) is 0 Å². The number of aryl methyl sites for hydroxylation is 2. The van der Waals surface area contributed by atoms with Crippen molar-refractivity contribution in [3.63, 3.8) is 0 Å². The van der Waals surface area contributed by atoms with Crippen molar-refractivity contribution in [1.29, 1.82) is 0 Å². The van der Waals surface area contributed by atoms with Crippen molar-refractivity contribution in [2.24, 2.45) is 0 Å². The first kappa shape index (κ1) is 15.9. The van der Waals surface area contributed by atoms with Gasteiger partial charge in [-0.15, -0.1) is 0 Å². The lowest BCUT2D eigenvalue weighted by molar-refractivity contribution is -0.143. The van der Waals surface area contributed by atoms with Crippen LogP contribution >= 0.6 is 0 Å². The predicted molar refractivity (Wildman–Crippen MR) is 84.5 cm³/mol. The first-order valence-electron chi connectivity index (χ1n) is 7.24. The second-order valence-electron chi connectivity index (χ2n) is 5.06. The van der Waals surface area contributed by atoms with Crippen molar-refractivity contribution >= 4 is 17.5 Å². The average Bonchev–Trinajstić information content (AvgIpc) is 2.55. The molecule has 0 amide bonds. The number of Topliss-reactive ketones (excluding diaryl/α,β-unsaturated/α-hetero) is 1. The molecule has 22 heavy (non-hydrogen) atoms. The van der Waals surface area contributed by atoms with Gasteiger partial charge in [-0.3, -0.25) is 9.59 Å². The maximum absolute atomic E-state index is 12.1. The number of nitrogens with one attached hydrogen (secondary N) is 1. The van der Waals surface area contributed by atoms with Crippen LogP contribution in [0, 0.1) is 0 Å². The van der Waals surface area contributed by atoms with Crippen molar-refractivity contribution in [2.45, 2.75) is 19.3 Å². The lowest BCUT2D eigenvalue weighted by atomic mass is 10.0. The van der Waals surface area contributed by atoms with Gasteiger partial charge in [-0.05, 0) is 36.1 Å². The van der Waals surface area contributed by atoms with Crippen LogP contribution in [0.1, 0.15) is 17.5 Å². The number of anilines is 1. The Bertz CT molecular complexity index is 623. The number of hydrogen-bond acceptors (Lipinski definition) is 3. The summed E-state index contributed by atoms with van der Waals surface area (Å²) in [5.41, 5.74) is 3.38. The Labute approximate surface area is 129 Å². The van der Waals surface area contributed by atoms with Gasteiger partial charge in [0.15, 0.2) is 0 Å². The number of halogens is 1. The highest BCUT2D eigenvalue weighted by atomic mass is 19.1. The van der Waals surface area contributed by atoms with Gasteiger partial charge in [-0.1, -0.05) is 42.5 Å². The van der Waals surface area contributed by atoms with E-state index in [-0.39, 0.29) is 13.0 Å². The maximum atomic E-state index is 12.1. The smallest absolute Gasteiger partial charge is 0.367 e. The van der Waals surface area contributed by atoms with E-state index in [1.54, 1.807) is 0 Å². The van der Waals surface area contributed by atoms with E-state index in [1.807, 2.05) is 42.5 Å². The van der Waals surface area contributed by atoms with Gasteiger partial charge in [0, 0.05) is 18.7 Å². The van der Waals surface area contributed by atoms with E-state index in [9.17, 15) is 14.0 Å². The number of ketones is 1. The Hall–Kier alpha value is -2.49. The van der Waals surface area contributed by atoms with Gasteiger partial charge in [0.2, 0.25) is 5.78 Å². The summed E-state index contributed by atoms with van der Waals surface area (Å²) in [6.45, 7) is 0.248. The van der Waals surface area contributed by atoms with E-state index >= 15 is 0 Å². The Kier molecular flexibility index (Phi) is 5.83. The highest BCUT2D eigenvalue weighted by molar-refractivity contribution is 6.33. The number of carbonyl (C=O) groups excluding carboxylic acids is 2. The second kappa shape index (κ2) is 8.08. The summed E-state index contributed by atoms with van der Waals surface area (Å²) in [6, 6.07) is 16.3. The minimum Gasteiger partial charge on any atom is -0.385 e. The molecular formula is C18H18FNO2. The molecule has 2 aromatic rings. The van der Waals surface area contributed by atoms with E-state index in [2.05, 4.69) is 17.4 Å². The molecule has 2 rings (SSSR count). The predicted octanol–water partition coefficient (Wildman–Crippen LogP) is 3.34. The molecule has 0 bridgehead atoms. The van der Waals surface area contributed by atoms with Crippen LogP contribution in [0.2, 0.25) is 0 Å². The van der Waals surface area contributed by atoms with Crippen molar-refractivity contribution in [2.75, 3.05) is 11.9 Å². The monoisotopic (exact) mass is 299 g/mol. The van der Waals surface area contributed by atoms with E-state index in [0.29, 0.717) is 0 Å². The highest BCUT2D eigenvalue weighted by Gasteiger charge is 2.10. The normalized spacial score (nSPS) is 10.2. The van der Waals surface area contributed by atoms with Crippen LogP contribution in [0.25, 0.3) is 0 Å². The molecule has 114 valence electrons. The summed E-state index contributed by atoms with van der Waals surface area (Å²) in [5, 5.41) is 2.99. The summed E-state index contributed by atoms with van der Waals surface area (Å²) < 4.78 is 12.1. The number of carbonyl (C=O) groups is 2. The summed E-state index contributed by atoms with van der Waals surface area (Å²) in [7, 11) is 0. The Balaban J connectivity index is 1.78. The van der Waals surface area contributed by atoms with E-state index in [4.69, 9.17) is 0 Å². The largest absolute Gasteiger partial charge is 0.385 e. The van der Waals surface area contributed by atoms with Gasteiger partial charge >= 0.3 is 6.04 Å². The quantitative estimate of drug-likeness (QED) is 0.600. The van der Waals surface area contributed by atoms with Crippen molar-refractivity contribution in [3.8, 4) is 0 Å². The molecule has 0 aliphatic carbocycles. The molecule has 0 aliphatic rings. The first-order chi connectivity index (χ1) is 10.6. The van der Waals surface area contributed by atoms with Crippen LogP contribution in [0.5, 0.6) is 0 Å². The van der Waals surface area contributed by atoms with E-state index in [0.717, 1.165) is 18.5 Å². The molecule has 0 saturated heterocycles. The number of rotatable bonds is 8. The third-order valence-corrected chi connectivity index (χ3v) is 3.40. The third-order valence-electron chi connectivity index (χ3n) is 3.40. The fraction of sp³-hybridized carbons (Fsp3) is 0.222. The zero-order valence-corrected chi connectivity index (χ0v) is 12.2. The molecule has 0 heterocycles. The van der Waals surface area contributed by atoms with E-state index in [1.165, 1.54) is 11.1 Å². The van der Waals surface area contributed by atoms with Crippen LogP contribution in [-0.2, 0) is 22.4 Å². The summed E-state index contributed by atoms with van der Waals surface area (Å²) >= 11 is 0. The van der Waals surface area contributed by atoms with Gasteiger partial charge in [0.25, 0.3) is 0 Å². The van der Waals surface area contributed by atoms with Crippen LogP contribution in [0.15, 0.2) is 54.6 Å². The summed E-state index contributed by atoms with van der Waals surface area (Å²) in [5.74, 6) is -0.994. The molecule has 0 saturated carbocycles. The molecule has 2 aromatic carbocycles. The third kappa shape index (κ3) is 5.13. The topological polar surface area (TPSA) is 46.2 Å². The van der Waals surface area contributed by atoms with Gasteiger partial charge in [-0.2, -0.15) is 4.39 Å². The Morgan fingerprint density at radius 3 is 2.05 bits per heavy atom. The molecule has 0 aliphatic heterocycles. The Morgan fingerprint density at radius 2 is 1.45 bits per heavy atom. The first-order valence-corrected chi connectivity index (χ1v) is 7.24. The molecular weight excluding hydrogens is 281 g/mol. The van der Waals surface area contributed by atoms with Gasteiger partial charge < -0.3 is 5.32 Å². The lowest BCUT2D eigenvalue weighted by Gasteiger charge is -2.07. The van der Waals surface area contributed by atoms with Crippen LogP contribution < -0.4 is 5.32 Å². The number of hydrogen-bond donors (Lipinski definition) is 1. The van der Waals surface area contributed by atoms with Crippen molar-refractivity contribution in [1.82, 2.24) is 0 Å². The molecule has 3 nitrogen and oxygen atoms in total. The summed E-state index contributed by atoms with van der Waals surface area (Å²) in [6.07, 6.45) is 1.81. The minimum atomic E-state index is -1.88. The average molecular weight is 299 g/mol. The van der Waals surface area contributed by atoms with Crippen LogP contribution in [-0.4, -0.2) is 18.4 Å². The summed E-state index contributed by atoms with van der Waals surface area (Å²) in [4.78, 5) is 21.0. The van der Waals surface area contributed by atoms with Crippen molar-refractivity contribution < 1.29 is 14.0 Å². The molecule has 0 spiro atoms. The fourth-order valence-corrected chi connectivity index (χ4v) is 2.14. The van der Waals surface area contributed by atoms with Gasteiger partial charge in [-0.25, -0.2) is 0 Å². The molecule has 0 fully saturated rings. The van der Waals surface area contributed by atoms with E-state index < -0.39 is 11.8 Å². The number of benzene rings is 2. The lowest BCUT2D eigenvalue weighted by Crippen LogP contribution is -2.13. The molecule has 4 heteroatoms. The SMILES string of the molecule is O=C(F)C(=O)CCNc1ccc(CCc2ccccc2)cc1. The molecule has 0 atom stereocenters. The highest BCUT2D eigenvalue weighted by Crippen LogP contribution is 2.12. The zero-order chi connectivity index (χ0) is 15.8. The standard InChI is InChI=1S/C18H18FNO2/c19-18(22)17(21)12-13-20-16-10-8-15(9-11-16)7-6-14-4-2-1-3-5-14/h1-5,8-11,20H,6-7,12-13H2. The van der Waals surface area contributed by atoms with Gasteiger partial charge in [0.1, 0.15) is 0 Å². The molecule has 0 unspecified atom stereocenters. The van der Waals surface area contributed by atoms with Crippen molar-refractivity contribution in [3.05, 3.63) is 65.7 Å². The molecule has 0 radical (unpaired) electrons. The zero-order valence-electron chi connectivity index (χ0n) is 12.2. The Morgan fingerprint density at radius 1 is 0.864 bits per heavy atom. The second-order valence-corrected chi connectivity index (χ2v) is 5.06. The fourth-order valence-electron chi connectivity index (χ4n) is 2.14. The van der Waals surface area contributed by atoms with Crippen LogP contribution in [0.4, 0.5) is 10.1 Å². The maximum Gasteiger partial charge on any atom is 0.367 e. The van der Waals surface area contributed by atoms with Gasteiger partial charge in [0.05, 0.1) is 0 Å². The molecule has 0 aromatic heterocycles. The minimum absolute atomic E-state index is 0.134.